The lowest BCUT2D eigenvalue weighted by atomic mass is 10.0. The topological polar surface area (TPSA) is 76.5 Å². The van der Waals surface area contributed by atoms with Gasteiger partial charge in [-0.25, -0.2) is 4.39 Å². The zero-order valence-corrected chi connectivity index (χ0v) is 8.76. The number of aliphatic hydroxyl groups is 1. The maximum atomic E-state index is 12.7. The third kappa shape index (κ3) is 2.19. The summed E-state index contributed by atoms with van der Waals surface area (Å²) in [5.41, 5.74) is 5.82. The van der Waals surface area contributed by atoms with Crippen molar-refractivity contribution in [3.63, 3.8) is 0 Å². The van der Waals surface area contributed by atoms with E-state index in [-0.39, 0.29) is 11.3 Å². The zero-order valence-electron chi connectivity index (χ0n) is 8.76. The van der Waals surface area contributed by atoms with Crippen molar-refractivity contribution >= 4 is 5.91 Å². The first-order valence-corrected chi connectivity index (χ1v) is 4.90. The zero-order chi connectivity index (χ0) is 12.4. The number of carbonyl (C=O) groups is 1. The Morgan fingerprint density at radius 2 is 1.94 bits per heavy atom. The number of nitrogens with two attached hydrogens (primary N) is 1. The first kappa shape index (κ1) is 11.3. The van der Waals surface area contributed by atoms with Crippen molar-refractivity contribution < 1.29 is 18.7 Å². The van der Waals surface area contributed by atoms with Crippen LogP contribution in [0.2, 0.25) is 0 Å². The van der Waals surface area contributed by atoms with Crippen LogP contribution in [-0.2, 0) is 0 Å². The third-order valence-corrected chi connectivity index (χ3v) is 2.40. The number of carbonyl (C=O) groups excluding carboxylic acids is 1. The summed E-state index contributed by atoms with van der Waals surface area (Å²) < 4.78 is 17.6. The predicted octanol–water partition coefficient (Wildman–Crippen LogP) is 1.60. The van der Waals surface area contributed by atoms with Crippen LogP contribution in [0.25, 0.3) is 0 Å². The minimum atomic E-state index is -1.07. The third-order valence-electron chi connectivity index (χ3n) is 2.40. The summed E-state index contributed by atoms with van der Waals surface area (Å²) in [5, 5.41) is 10.0. The second kappa shape index (κ2) is 4.39. The number of halogens is 1. The number of primary amides is 1. The van der Waals surface area contributed by atoms with E-state index in [1.165, 1.54) is 36.6 Å². The van der Waals surface area contributed by atoms with Gasteiger partial charge in [-0.1, -0.05) is 12.1 Å². The van der Waals surface area contributed by atoms with Crippen LogP contribution >= 0.6 is 0 Å². The van der Waals surface area contributed by atoms with Gasteiger partial charge in [-0.3, -0.25) is 4.79 Å². The Morgan fingerprint density at radius 1 is 1.29 bits per heavy atom. The molecule has 5 heteroatoms. The van der Waals surface area contributed by atoms with Gasteiger partial charge in [-0.15, -0.1) is 0 Å². The van der Waals surface area contributed by atoms with Crippen molar-refractivity contribution in [1.82, 2.24) is 0 Å². The molecule has 0 bridgehead atoms. The molecular weight excluding hydrogens is 225 g/mol. The van der Waals surface area contributed by atoms with E-state index < -0.39 is 17.8 Å². The van der Waals surface area contributed by atoms with Gasteiger partial charge in [0.05, 0.1) is 6.26 Å². The fourth-order valence-corrected chi connectivity index (χ4v) is 1.56. The summed E-state index contributed by atoms with van der Waals surface area (Å²) in [6.07, 6.45) is 0.194. The number of furan rings is 1. The molecule has 88 valence electrons. The number of hydrogen-bond donors (Lipinski definition) is 2. The molecule has 0 saturated heterocycles. The SMILES string of the molecule is NC(=O)c1occc1C(O)c1ccc(F)cc1. The van der Waals surface area contributed by atoms with E-state index in [1.54, 1.807) is 0 Å². The maximum absolute atomic E-state index is 12.7. The van der Waals surface area contributed by atoms with Gasteiger partial charge >= 0.3 is 0 Å². The molecule has 0 saturated carbocycles. The molecule has 1 aromatic heterocycles. The smallest absolute Gasteiger partial charge is 0.284 e. The normalized spacial score (nSPS) is 12.4. The summed E-state index contributed by atoms with van der Waals surface area (Å²) in [4.78, 5) is 11.0. The van der Waals surface area contributed by atoms with E-state index in [9.17, 15) is 14.3 Å². The summed E-state index contributed by atoms with van der Waals surface area (Å²) in [6, 6.07) is 6.76. The molecule has 0 aliphatic rings. The van der Waals surface area contributed by atoms with Gasteiger partial charge in [-0.05, 0) is 23.8 Å². The summed E-state index contributed by atoms with van der Waals surface area (Å²) in [7, 11) is 0. The molecule has 0 aliphatic heterocycles. The highest BCUT2D eigenvalue weighted by molar-refractivity contribution is 5.91. The van der Waals surface area contributed by atoms with E-state index in [0.717, 1.165) is 0 Å². The van der Waals surface area contributed by atoms with E-state index in [2.05, 4.69) is 0 Å². The van der Waals surface area contributed by atoms with Crippen molar-refractivity contribution in [3.8, 4) is 0 Å². The van der Waals surface area contributed by atoms with Gasteiger partial charge in [0.1, 0.15) is 11.9 Å². The van der Waals surface area contributed by atoms with Crippen LogP contribution < -0.4 is 5.73 Å². The molecule has 2 aromatic rings. The lowest BCUT2D eigenvalue weighted by Gasteiger charge is -2.09. The van der Waals surface area contributed by atoms with Crippen molar-refractivity contribution in [2.45, 2.75) is 6.10 Å². The Labute approximate surface area is 96.5 Å². The average Bonchev–Trinajstić information content (AvgIpc) is 2.78. The highest BCUT2D eigenvalue weighted by Gasteiger charge is 2.20. The molecule has 1 amide bonds. The molecule has 0 aliphatic carbocycles. The van der Waals surface area contributed by atoms with E-state index >= 15 is 0 Å². The van der Waals surface area contributed by atoms with Crippen LogP contribution in [0.5, 0.6) is 0 Å². The molecule has 1 aromatic carbocycles. The van der Waals surface area contributed by atoms with Gasteiger partial charge < -0.3 is 15.3 Å². The van der Waals surface area contributed by atoms with Crippen LogP contribution in [0.3, 0.4) is 0 Å². The van der Waals surface area contributed by atoms with Crippen LogP contribution in [0, 0.1) is 5.82 Å². The highest BCUT2D eigenvalue weighted by Crippen LogP contribution is 2.25. The molecule has 1 heterocycles. The van der Waals surface area contributed by atoms with Crippen molar-refractivity contribution in [2.75, 3.05) is 0 Å². The monoisotopic (exact) mass is 235 g/mol. The molecule has 2 rings (SSSR count). The van der Waals surface area contributed by atoms with Gasteiger partial charge in [0.25, 0.3) is 5.91 Å². The van der Waals surface area contributed by atoms with Crippen molar-refractivity contribution in [3.05, 3.63) is 59.3 Å². The van der Waals surface area contributed by atoms with E-state index in [0.29, 0.717) is 5.56 Å². The van der Waals surface area contributed by atoms with Crippen LogP contribution in [0.4, 0.5) is 4.39 Å². The van der Waals surface area contributed by atoms with Gasteiger partial charge in [-0.2, -0.15) is 0 Å². The molecule has 1 atom stereocenters. The van der Waals surface area contributed by atoms with Crippen molar-refractivity contribution in [2.24, 2.45) is 5.73 Å². The minimum Gasteiger partial charge on any atom is -0.459 e. The summed E-state index contributed by atoms with van der Waals surface area (Å²) in [6.45, 7) is 0. The molecule has 0 spiro atoms. The van der Waals surface area contributed by atoms with Crippen LogP contribution in [-0.4, -0.2) is 11.0 Å². The molecular formula is C12H10FNO3. The molecule has 0 fully saturated rings. The first-order valence-electron chi connectivity index (χ1n) is 4.90. The Kier molecular flexibility index (Phi) is 2.93. The Hall–Kier alpha value is -2.14. The number of benzene rings is 1. The number of hydrogen-bond acceptors (Lipinski definition) is 3. The average molecular weight is 235 g/mol. The maximum Gasteiger partial charge on any atom is 0.284 e. The standard InChI is InChI=1S/C12H10FNO3/c13-8-3-1-7(2-4-8)10(15)9-5-6-17-11(9)12(14)16/h1-6,10,15H,(H2,14,16). The van der Waals surface area contributed by atoms with Gasteiger partial charge in [0, 0.05) is 5.56 Å². The van der Waals surface area contributed by atoms with Crippen LogP contribution in [0.1, 0.15) is 27.8 Å². The summed E-state index contributed by atoms with van der Waals surface area (Å²) >= 11 is 0. The van der Waals surface area contributed by atoms with Gasteiger partial charge in [0.2, 0.25) is 0 Å². The Morgan fingerprint density at radius 3 is 2.53 bits per heavy atom. The summed E-state index contributed by atoms with van der Waals surface area (Å²) in [5.74, 6) is -1.25. The van der Waals surface area contributed by atoms with E-state index in [1.807, 2.05) is 0 Å². The highest BCUT2D eigenvalue weighted by atomic mass is 19.1. The second-order valence-corrected chi connectivity index (χ2v) is 3.52. The van der Waals surface area contributed by atoms with Crippen LogP contribution in [0.15, 0.2) is 41.0 Å². The first-order chi connectivity index (χ1) is 8.09. The fraction of sp³-hybridized carbons (Fsp3) is 0.0833. The predicted molar refractivity (Wildman–Crippen MR) is 57.7 cm³/mol. The Balaban J connectivity index is 2.36. The second-order valence-electron chi connectivity index (χ2n) is 3.52. The number of aliphatic hydroxyl groups excluding tert-OH is 1. The fourth-order valence-electron chi connectivity index (χ4n) is 1.56. The molecule has 3 N–H and O–H groups in total. The van der Waals surface area contributed by atoms with Gasteiger partial charge in [0.15, 0.2) is 5.76 Å². The van der Waals surface area contributed by atoms with Crippen molar-refractivity contribution in [1.29, 1.82) is 0 Å². The molecule has 4 nitrogen and oxygen atoms in total. The lowest BCUT2D eigenvalue weighted by molar-refractivity contribution is 0.0967. The number of rotatable bonds is 3. The lowest BCUT2D eigenvalue weighted by Crippen LogP contribution is -2.14. The van der Waals surface area contributed by atoms with E-state index in [4.69, 9.17) is 10.2 Å². The molecule has 0 radical (unpaired) electrons. The molecule has 1 unspecified atom stereocenters. The largest absolute Gasteiger partial charge is 0.459 e. The Bertz CT molecular complexity index is 533. The molecule has 17 heavy (non-hydrogen) atoms. The quantitative estimate of drug-likeness (QED) is 0.848. The minimum absolute atomic E-state index is 0.0955. The number of amides is 1.